The number of benzene rings is 1. The number of hydrogen-bond donors (Lipinski definition) is 2. The van der Waals surface area contributed by atoms with Crippen LogP contribution in [0, 0.1) is 0 Å². The van der Waals surface area contributed by atoms with Crippen molar-refractivity contribution >= 4 is 29.1 Å². The van der Waals surface area contributed by atoms with Gasteiger partial charge >= 0.3 is 0 Å². The molecule has 0 saturated carbocycles. The molecule has 3 heterocycles. The second-order valence-electron chi connectivity index (χ2n) is 7.53. The van der Waals surface area contributed by atoms with Crippen LogP contribution in [0.3, 0.4) is 0 Å². The number of nitrogens with one attached hydrogen (secondary N) is 2. The molecule has 1 aromatic carbocycles. The lowest BCUT2D eigenvalue weighted by atomic mass is 10.2. The van der Waals surface area contributed by atoms with Gasteiger partial charge in [0.2, 0.25) is 17.8 Å². The first-order valence-corrected chi connectivity index (χ1v) is 10.2. The van der Waals surface area contributed by atoms with E-state index >= 15 is 0 Å². The molecule has 2 fully saturated rings. The number of quaternary nitrogens is 1. The van der Waals surface area contributed by atoms with Gasteiger partial charge in [0.1, 0.15) is 0 Å². The lowest BCUT2D eigenvalue weighted by molar-refractivity contribution is -0.900. The highest BCUT2D eigenvalue weighted by atomic mass is 16.2. The summed E-state index contributed by atoms with van der Waals surface area (Å²) in [5.74, 6) is 0.975. The molecule has 0 aliphatic carbocycles. The van der Waals surface area contributed by atoms with Crippen molar-refractivity contribution in [2.24, 2.45) is 0 Å². The summed E-state index contributed by atoms with van der Waals surface area (Å²) in [4.78, 5) is 38.2. The number of carbonyl (C=O) groups excluding carboxylic acids is 2. The highest BCUT2D eigenvalue weighted by Gasteiger charge is 2.23. The fourth-order valence-corrected chi connectivity index (χ4v) is 3.89. The van der Waals surface area contributed by atoms with Crippen LogP contribution in [0.15, 0.2) is 42.7 Å². The molecule has 2 aliphatic heterocycles. The van der Waals surface area contributed by atoms with Gasteiger partial charge in [-0.2, -0.15) is 0 Å². The predicted octanol–water partition coefficient (Wildman–Crippen LogP) is 0.337. The third-order valence-electron chi connectivity index (χ3n) is 5.55. The van der Waals surface area contributed by atoms with Crippen LogP contribution in [-0.4, -0.2) is 61.1 Å². The molecule has 0 spiro atoms. The van der Waals surface area contributed by atoms with Crippen LogP contribution in [0.5, 0.6) is 0 Å². The summed E-state index contributed by atoms with van der Waals surface area (Å²) in [5.41, 5.74) is 1.67. The van der Waals surface area contributed by atoms with Gasteiger partial charge in [-0.3, -0.25) is 9.59 Å². The van der Waals surface area contributed by atoms with Gasteiger partial charge < -0.3 is 20.0 Å². The van der Waals surface area contributed by atoms with Crippen molar-refractivity contribution in [3.63, 3.8) is 0 Å². The zero-order valence-electron chi connectivity index (χ0n) is 16.5. The lowest BCUT2D eigenvalue weighted by Crippen LogP contribution is -3.15. The van der Waals surface area contributed by atoms with Gasteiger partial charge in [-0.15, -0.1) is 0 Å². The van der Waals surface area contributed by atoms with Crippen molar-refractivity contribution in [2.75, 3.05) is 54.4 Å². The van der Waals surface area contributed by atoms with Crippen LogP contribution in [0.1, 0.15) is 19.3 Å². The SMILES string of the molecule is O=C(CC[NH+]1CCN(c2ncccn2)CC1)Nc1ccc(N2CCCC2=O)cc1. The van der Waals surface area contributed by atoms with Crippen molar-refractivity contribution < 1.29 is 14.5 Å². The summed E-state index contributed by atoms with van der Waals surface area (Å²) in [5, 5.41) is 2.96. The zero-order chi connectivity index (χ0) is 20.1. The summed E-state index contributed by atoms with van der Waals surface area (Å²) in [7, 11) is 0. The average molecular weight is 395 g/mol. The fourth-order valence-electron chi connectivity index (χ4n) is 3.89. The largest absolute Gasteiger partial charge is 0.332 e. The average Bonchev–Trinajstić information content (AvgIpc) is 3.20. The maximum absolute atomic E-state index is 12.3. The number of aromatic nitrogens is 2. The first kappa shape index (κ1) is 19.3. The Morgan fingerprint density at radius 2 is 1.79 bits per heavy atom. The van der Waals surface area contributed by atoms with Crippen LogP contribution in [0.2, 0.25) is 0 Å². The monoisotopic (exact) mass is 395 g/mol. The van der Waals surface area contributed by atoms with Gasteiger partial charge in [-0.25, -0.2) is 9.97 Å². The highest BCUT2D eigenvalue weighted by Crippen LogP contribution is 2.23. The van der Waals surface area contributed by atoms with E-state index in [0.717, 1.165) is 63.0 Å². The number of anilines is 3. The molecule has 29 heavy (non-hydrogen) atoms. The van der Waals surface area contributed by atoms with Gasteiger partial charge in [0.15, 0.2) is 0 Å². The van der Waals surface area contributed by atoms with E-state index in [9.17, 15) is 9.59 Å². The van der Waals surface area contributed by atoms with E-state index < -0.39 is 0 Å². The molecule has 4 rings (SSSR count). The van der Waals surface area contributed by atoms with Crippen LogP contribution < -0.4 is 20.0 Å². The lowest BCUT2D eigenvalue weighted by Gasteiger charge is -2.32. The second-order valence-corrected chi connectivity index (χ2v) is 7.53. The number of rotatable bonds is 6. The van der Waals surface area contributed by atoms with E-state index in [2.05, 4.69) is 20.2 Å². The highest BCUT2D eigenvalue weighted by molar-refractivity contribution is 5.96. The van der Waals surface area contributed by atoms with E-state index in [4.69, 9.17) is 0 Å². The normalized spacial score (nSPS) is 17.6. The minimum absolute atomic E-state index is 0.0244. The topological polar surface area (TPSA) is 82.9 Å². The maximum Gasteiger partial charge on any atom is 0.230 e. The maximum atomic E-state index is 12.3. The first-order valence-electron chi connectivity index (χ1n) is 10.2. The van der Waals surface area contributed by atoms with Gasteiger partial charge in [0, 0.05) is 36.7 Å². The molecule has 0 bridgehead atoms. The summed E-state index contributed by atoms with van der Waals surface area (Å²) < 4.78 is 0. The summed E-state index contributed by atoms with van der Waals surface area (Å²) in [6.45, 7) is 5.34. The number of amides is 2. The van der Waals surface area contributed by atoms with Gasteiger partial charge in [0.05, 0.1) is 39.1 Å². The molecular weight excluding hydrogens is 368 g/mol. The predicted molar refractivity (Wildman–Crippen MR) is 111 cm³/mol. The summed E-state index contributed by atoms with van der Waals surface area (Å²) in [6, 6.07) is 9.35. The molecule has 8 nitrogen and oxygen atoms in total. The number of piperazine rings is 1. The molecule has 2 aliphatic rings. The van der Waals surface area contributed by atoms with E-state index in [-0.39, 0.29) is 11.8 Å². The van der Waals surface area contributed by atoms with Crippen molar-refractivity contribution in [1.82, 2.24) is 9.97 Å². The van der Waals surface area contributed by atoms with Crippen molar-refractivity contribution in [1.29, 1.82) is 0 Å². The molecule has 2 aromatic rings. The van der Waals surface area contributed by atoms with Gasteiger partial charge in [-0.05, 0) is 36.8 Å². The van der Waals surface area contributed by atoms with Crippen LogP contribution >= 0.6 is 0 Å². The van der Waals surface area contributed by atoms with E-state index in [1.165, 1.54) is 4.90 Å². The third-order valence-corrected chi connectivity index (χ3v) is 5.55. The molecule has 1 aromatic heterocycles. The minimum Gasteiger partial charge on any atom is -0.332 e. The number of hydrogen-bond acceptors (Lipinski definition) is 5. The molecule has 2 amide bonds. The molecule has 0 atom stereocenters. The Bertz CT molecular complexity index is 834. The molecule has 0 radical (unpaired) electrons. The Morgan fingerprint density at radius 3 is 2.45 bits per heavy atom. The van der Waals surface area contributed by atoms with Gasteiger partial charge in [0.25, 0.3) is 0 Å². The van der Waals surface area contributed by atoms with Crippen molar-refractivity contribution in [3.05, 3.63) is 42.7 Å². The van der Waals surface area contributed by atoms with Crippen LogP contribution in [-0.2, 0) is 9.59 Å². The fraction of sp³-hybridized carbons (Fsp3) is 0.429. The quantitative estimate of drug-likeness (QED) is 0.737. The Hall–Kier alpha value is -3.00. The number of nitrogens with zero attached hydrogens (tertiary/aromatic N) is 4. The van der Waals surface area contributed by atoms with Crippen molar-refractivity contribution in [2.45, 2.75) is 19.3 Å². The van der Waals surface area contributed by atoms with E-state index in [1.807, 2.05) is 30.3 Å². The molecule has 2 N–H and O–H groups in total. The Labute approximate surface area is 170 Å². The van der Waals surface area contributed by atoms with E-state index in [1.54, 1.807) is 17.3 Å². The van der Waals surface area contributed by atoms with E-state index in [0.29, 0.717) is 12.8 Å². The third kappa shape index (κ3) is 4.89. The Balaban J connectivity index is 1.20. The Kier molecular flexibility index (Phi) is 6.00. The smallest absolute Gasteiger partial charge is 0.230 e. The standard InChI is InChI=1S/C21H26N6O2/c28-19(24-17-4-6-18(7-5-17)27-11-1-3-20(27)29)8-12-25-13-15-26(16-14-25)21-22-9-2-10-23-21/h2,4-7,9-10H,1,3,8,11-16H2,(H,24,28)/p+1. The molecule has 152 valence electrons. The summed E-state index contributed by atoms with van der Waals surface area (Å²) in [6.07, 6.45) is 5.55. The minimum atomic E-state index is 0.0244. The van der Waals surface area contributed by atoms with Crippen LogP contribution in [0.4, 0.5) is 17.3 Å². The molecule has 2 saturated heterocycles. The molecule has 8 heteroatoms. The van der Waals surface area contributed by atoms with Gasteiger partial charge in [-0.1, -0.05) is 0 Å². The first-order chi connectivity index (χ1) is 14.2. The van der Waals surface area contributed by atoms with Crippen LogP contribution in [0.25, 0.3) is 0 Å². The Morgan fingerprint density at radius 1 is 1.07 bits per heavy atom. The molecule has 0 unspecified atom stereocenters. The van der Waals surface area contributed by atoms with Crippen molar-refractivity contribution in [3.8, 4) is 0 Å². The second kappa shape index (κ2) is 9.00. The number of carbonyl (C=O) groups is 2. The zero-order valence-corrected chi connectivity index (χ0v) is 16.5. The summed E-state index contributed by atoms with van der Waals surface area (Å²) >= 11 is 0. The molecular formula is C21H27N6O2+.